The maximum absolute atomic E-state index is 5.34. The van der Waals surface area contributed by atoms with Crippen LogP contribution in [0, 0.1) is 0 Å². The molecule has 0 bridgehead atoms. The van der Waals surface area contributed by atoms with Crippen LogP contribution in [0.3, 0.4) is 0 Å². The molecular formula is C11H17BrN2O. The van der Waals surface area contributed by atoms with Crippen LogP contribution in [0.25, 0.3) is 0 Å². The van der Waals surface area contributed by atoms with E-state index in [1.54, 1.807) is 0 Å². The standard InChI is InChI=1S/C11H17BrN2O/c1-3-14(8-9-15-4-2)11-7-5-6-10(12)13-11/h5-7H,3-4,8-9H2,1-2H3. The largest absolute Gasteiger partial charge is 0.380 e. The molecule has 1 aromatic rings. The first-order chi connectivity index (χ1) is 7.27. The van der Waals surface area contributed by atoms with Crippen molar-refractivity contribution in [2.45, 2.75) is 13.8 Å². The molecule has 0 aromatic carbocycles. The third kappa shape index (κ3) is 4.18. The first-order valence-corrected chi connectivity index (χ1v) is 6.02. The molecule has 3 nitrogen and oxygen atoms in total. The molecule has 0 atom stereocenters. The highest BCUT2D eigenvalue weighted by Crippen LogP contribution is 2.14. The van der Waals surface area contributed by atoms with Crippen molar-refractivity contribution in [1.29, 1.82) is 0 Å². The minimum atomic E-state index is 0.749. The lowest BCUT2D eigenvalue weighted by molar-refractivity contribution is 0.154. The zero-order chi connectivity index (χ0) is 11.1. The lowest BCUT2D eigenvalue weighted by Crippen LogP contribution is -2.27. The molecule has 0 aliphatic heterocycles. The highest BCUT2D eigenvalue weighted by molar-refractivity contribution is 9.10. The maximum Gasteiger partial charge on any atom is 0.129 e. The lowest BCUT2D eigenvalue weighted by Gasteiger charge is -2.21. The summed E-state index contributed by atoms with van der Waals surface area (Å²) in [5, 5.41) is 0. The van der Waals surface area contributed by atoms with Gasteiger partial charge in [-0.15, -0.1) is 0 Å². The molecule has 0 saturated carbocycles. The summed E-state index contributed by atoms with van der Waals surface area (Å²) in [7, 11) is 0. The average Bonchev–Trinajstić information content (AvgIpc) is 2.24. The maximum atomic E-state index is 5.34. The number of halogens is 1. The Labute approximate surface area is 99.6 Å². The van der Waals surface area contributed by atoms with Gasteiger partial charge in [0, 0.05) is 19.7 Å². The molecule has 15 heavy (non-hydrogen) atoms. The average molecular weight is 273 g/mol. The monoisotopic (exact) mass is 272 g/mol. The van der Waals surface area contributed by atoms with Crippen molar-refractivity contribution in [1.82, 2.24) is 4.98 Å². The van der Waals surface area contributed by atoms with Gasteiger partial charge in [-0.05, 0) is 41.9 Å². The second kappa shape index (κ2) is 6.80. The number of anilines is 1. The van der Waals surface area contributed by atoms with Crippen molar-refractivity contribution < 1.29 is 4.74 Å². The van der Waals surface area contributed by atoms with Crippen LogP contribution < -0.4 is 4.90 Å². The summed E-state index contributed by atoms with van der Waals surface area (Å²) >= 11 is 3.37. The van der Waals surface area contributed by atoms with Crippen LogP contribution in [0.15, 0.2) is 22.8 Å². The normalized spacial score (nSPS) is 10.3. The van der Waals surface area contributed by atoms with Crippen molar-refractivity contribution in [2.24, 2.45) is 0 Å². The van der Waals surface area contributed by atoms with Gasteiger partial charge >= 0.3 is 0 Å². The zero-order valence-electron chi connectivity index (χ0n) is 9.24. The smallest absolute Gasteiger partial charge is 0.129 e. The predicted octanol–water partition coefficient (Wildman–Crippen LogP) is 2.71. The number of pyridine rings is 1. The summed E-state index contributed by atoms with van der Waals surface area (Å²) in [6.07, 6.45) is 0. The summed E-state index contributed by atoms with van der Waals surface area (Å²) in [6.45, 7) is 7.47. The van der Waals surface area contributed by atoms with Gasteiger partial charge in [0.05, 0.1) is 6.61 Å². The first-order valence-electron chi connectivity index (χ1n) is 5.23. The fraction of sp³-hybridized carbons (Fsp3) is 0.545. The van der Waals surface area contributed by atoms with Crippen molar-refractivity contribution in [3.8, 4) is 0 Å². The Kier molecular flexibility index (Phi) is 5.65. The fourth-order valence-corrected chi connectivity index (χ4v) is 1.66. The molecule has 1 rings (SSSR count). The topological polar surface area (TPSA) is 25.4 Å². The second-order valence-corrected chi connectivity index (χ2v) is 3.91. The van der Waals surface area contributed by atoms with Crippen molar-refractivity contribution in [2.75, 3.05) is 31.2 Å². The van der Waals surface area contributed by atoms with Gasteiger partial charge in [-0.1, -0.05) is 6.07 Å². The van der Waals surface area contributed by atoms with Gasteiger partial charge in [-0.25, -0.2) is 4.98 Å². The van der Waals surface area contributed by atoms with Crippen LogP contribution >= 0.6 is 15.9 Å². The van der Waals surface area contributed by atoms with E-state index in [9.17, 15) is 0 Å². The summed E-state index contributed by atoms with van der Waals surface area (Å²) in [6, 6.07) is 5.94. The van der Waals surface area contributed by atoms with E-state index >= 15 is 0 Å². The SMILES string of the molecule is CCOCCN(CC)c1cccc(Br)n1. The third-order valence-electron chi connectivity index (χ3n) is 2.12. The van der Waals surface area contributed by atoms with Crippen LogP contribution in [0.4, 0.5) is 5.82 Å². The second-order valence-electron chi connectivity index (χ2n) is 3.10. The number of nitrogens with zero attached hydrogens (tertiary/aromatic N) is 2. The van der Waals surface area contributed by atoms with Gasteiger partial charge in [0.2, 0.25) is 0 Å². The molecule has 0 saturated heterocycles. The Balaban J connectivity index is 2.57. The van der Waals surface area contributed by atoms with E-state index in [-0.39, 0.29) is 0 Å². The van der Waals surface area contributed by atoms with Gasteiger partial charge in [-0.3, -0.25) is 0 Å². The summed E-state index contributed by atoms with van der Waals surface area (Å²) in [4.78, 5) is 6.60. The summed E-state index contributed by atoms with van der Waals surface area (Å²) < 4.78 is 6.21. The quantitative estimate of drug-likeness (QED) is 0.588. The van der Waals surface area contributed by atoms with E-state index in [2.05, 4.69) is 32.7 Å². The van der Waals surface area contributed by atoms with Gasteiger partial charge in [-0.2, -0.15) is 0 Å². The van der Waals surface area contributed by atoms with Gasteiger partial charge < -0.3 is 9.64 Å². The molecule has 1 aromatic heterocycles. The number of likely N-dealkylation sites (N-methyl/N-ethyl adjacent to an activating group) is 1. The molecule has 4 heteroatoms. The minimum absolute atomic E-state index is 0.749. The molecule has 0 radical (unpaired) electrons. The Morgan fingerprint density at radius 2 is 2.20 bits per heavy atom. The molecule has 1 heterocycles. The van der Waals surface area contributed by atoms with Crippen molar-refractivity contribution in [3.63, 3.8) is 0 Å². The number of ether oxygens (including phenoxy) is 1. The lowest BCUT2D eigenvalue weighted by atomic mass is 10.4. The van der Waals surface area contributed by atoms with E-state index in [0.29, 0.717) is 0 Å². The van der Waals surface area contributed by atoms with E-state index in [1.807, 2.05) is 25.1 Å². The van der Waals surface area contributed by atoms with Crippen molar-refractivity contribution in [3.05, 3.63) is 22.8 Å². The molecule has 0 fully saturated rings. The van der Waals surface area contributed by atoms with Gasteiger partial charge in [0.25, 0.3) is 0 Å². The van der Waals surface area contributed by atoms with Crippen LogP contribution in [0.2, 0.25) is 0 Å². The van der Waals surface area contributed by atoms with Crippen LogP contribution in [-0.2, 0) is 4.74 Å². The number of rotatable bonds is 6. The van der Waals surface area contributed by atoms with E-state index < -0.39 is 0 Å². The Morgan fingerprint density at radius 3 is 2.80 bits per heavy atom. The van der Waals surface area contributed by atoms with E-state index in [0.717, 1.165) is 36.7 Å². The highest BCUT2D eigenvalue weighted by atomic mass is 79.9. The highest BCUT2D eigenvalue weighted by Gasteiger charge is 2.05. The number of hydrogen-bond acceptors (Lipinski definition) is 3. The Hall–Kier alpha value is -0.610. The minimum Gasteiger partial charge on any atom is -0.380 e. The number of hydrogen-bond donors (Lipinski definition) is 0. The molecule has 84 valence electrons. The van der Waals surface area contributed by atoms with Gasteiger partial charge in [0.1, 0.15) is 10.4 Å². The molecule has 0 amide bonds. The molecule has 0 aliphatic rings. The van der Waals surface area contributed by atoms with Crippen LogP contribution in [-0.4, -0.2) is 31.3 Å². The first kappa shape index (κ1) is 12.5. The summed E-state index contributed by atoms with van der Waals surface area (Å²) in [5.41, 5.74) is 0. The Morgan fingerprint density at radius 1 is 1.40 bits per heavy atom. The predicted molar refractivity (Wildman–Crippen MR) is 66.3 cm³/mol. The molecule has 0 spiro atoms. The van der Waals surface area contributed by atoms with Crippen LogP contribution in [0.5, 0.6) is 0 Å². The molecule has 0 N–H and O–H groups in total. The van der Waals surface area contributed by atoms with E-state index in [4.69, 9.17) is 4.74 Å². The van der Waals surface area contributed by atoms with E-state index in [1.165, 1.54) is 0 Å². The van der Waals surface area contributed by atoms with Gasteiger partial charge in [0.15, 0.2) is 0 Å². The van der Waals surface area contributed by atoms with Crippen LogP contribution in [0.1, 0.15) is 13.8 Å². The third-order valence-corrected chi connectivity index (χ3v) is 2.56. The molecular weight excluding hydrogens is 256 g/mol. The molecule has 0 aliphatic carbocycles. The zero-order valence-corrected chi connectivity index (χ0v) is 10.8. The Bertz CT molecular complexity index is 294. The summed E-state index contributed by atoms with van der Waals surface area (Å²) in [5.74, 6) is 0.992. The number of aromatic nitrogens is 1. The van der Waals surface area contributed by atoms with Crippen molar-refractivity contribution >= 4 is 21.7 Å². The molecule has 0 unspecified atom stereocenters. The fourth-order valence-electron chi connectivity index (χ4n) is 1.33.